The van der Waals surface area contributed by atoms with Crippen molar-refractivity contribution in [2.75, 3.05) is 0 Å². The monoisotopic (exact) mass is 423 g/mol. The lowest BCUT2D eigenvalue weighted by Crippen LogP contribution is -2.31. The fraction of sp³-hybridized carbons (Fsp3) is 0.880. The highest BCUT2D eigenvalue weighted by atomic mass is 16.7. The Labute approximate surface area is 184 Å². The minimum absolute atomic E-state index is 0.144. The molecule has 0 atom stereocenters. The number of carbonyl (C=O) groups excluding carboxylic acids is 3. The van der Waals surface area contributed by atoms with Crippen molar-refractivity contribution in [3.63, 3.8) is 0 Å². The molecule has 0 aromatic carbocycles. The second-order valence-electron chi connectivity index (χ2n) is 8.81. The van der Waals surface area contributed by atoms with Gasteiger partial charge >= 0.3 is 5.97 Å². The molecule has 0 aromatic rings. The minimum atomic E-state index is -0.477. The molecule has 1 saturated heterocycles. The van der Waals surface area contributed by atoms with E-state index in [1.807, 2.05) is 0 Å². The fourth-order valence-corrected chi connectivity index (χ4v) is 3.98. The molecule has 0 radical (unpaired) electrons. The zero-order valence-electron chi connectivity index (χ0n) is 19.4. The van der Waals surface area contributed by atoms with Gasteiger partial charge in [-0.1, -0.05) is 116 Å². The highest BCUT2D eigenvalue weighted by Gasteiger charge is 2.32. The number of nitrogens with zero attached hydrogens (tertiary/aromatic N) is 1. The van der Waals surface area contributed by atoms with Gasteiger partial charge in [0.05, 0.1) is 0 Å². The molecule has 1 aliphatic heterocycles. The van der Waals surface area contributed by atoms with Gasteiger partial charge in [-0.25, -0.2) is 4.79 Å². The van der Waals surface area contributed by atoms with Crippen molar-refractivity contribution in [3.8, 4) is 0 Å². The number of amides is 2. The lowest BCUT2D eigenvalue weighted by Gasteiger charge is -2.12. The molecule has 0 N–H and O–H groups in total. The highest BCUT2D eigenvalue weighted by Crippen LogP contribution is 2.16. The predicted molar refractivity (Wildman–Crippen MR) is 121 cm³/mol. The number of unbranched alkanes of at least 4 members (excludes halogenated alkanes) is 17. The Balaban J connectivity index is 1.76. The van der Waals surface area contributed by atoms with Gasteiger partial charge in [0.25, 0.3) is 11.8 Å². The van der Waals surface area contributed by atoms with Gasteiger partial charge in [-0.05, 0) is 6.42 Å². The molecule has 0 saturated carbocycles. The lowest BCUT2D eigenvalue weighted by molar-refractivity contribution is -0.197. The number of imide groups is 1. The summed E-state index contributed by atoms with van der Waals surface area (Å²) in [5.74, 6) is -1.30. The Morgan fingerprint density at radius 3 is 1.33 bits per heavy atom. The SMILES string of the molecule is CCCCCCCCCCCCCCCCCCCCC(=O)ON1C(=O)CCC1=O. The molecule has 0 unspecified atom stereocenters. The third-order valence-electron chi connectivity index (χ3n) is 5.93. The van der Waals surface area contributed by atoms with Crippen molar-refractivity contribution in [3.05, 3.63) is 0 Å². The molecule has 5 nitrogen and oxygen atoms in total. The van der Waals surface area contributed by atoms with Crippen LogP contribution in [0.15, 0.2) is 0 Å². The van der Waals surface area contributed by atoms with Gasteiger partial charge in [0.15, 0.2) is 0 Å². The van der Waals surface area contributed by atoms with Crippen LogP contribution in [0.4, 0.5) is 0 Å². The van der Waals surface area contributed by atoms with E-state index >= 15 is 0 Å². The smallest absolute Gasteiger partial charge is 0.330 e. The maximum absolute atomic E-state index is 11.7. The molecule has 1 fully saturated rings. The maximum atomic E-state index is 11.7. The summed E-state index contributed by atoms with van der Waals surface area (Å²) >= 11 is 0. The van der Waals surface area contributed by atoms with Crippen LogP contribution < -0.4 is 0 Å². The van der Waals surface area contributed by atoms with Crippen LogP contribution in [-0.4, -0.2) is 22.8 Å². The average Bonchev–Trinajstić information content (AvgIpc) is 3.05. The van der Waals surface area contributed by atoms with E-state index in [-0.39, 0.29) is 19.3 Å². The number of hydroxylamine groups is 2. The maximum Gasteiger partial charge on any atom is 0.333 e. The summed E-state index contributed by atoms with van der Waals surface area (Å²) in [6, 6.07) is 0. The van der Waals surface area contributed by atoms with Gasteiger partial charge in [-0.15, -0.1) is 5.06 Å². The van der Waals surface area contributed by atoms with Crippen LogP contribution in [-0.2, 0) is 19.2 Å². The molecule has 5 heteroatoms. The van der Waals surface area contributed by atoms with E-state index in [0.717, 1.165) is 19.3 Å². The highest BCUT2D eigenvalue weighted by molar-refractivity contribution is 6.01. The Hall–Kier alpha value is -1.39. The summed E-state index contributed by atoms with van der Waals surface area (Å²) < 4.78 is 0. The van der Waals surface area contributed by atoms with E-state index in [9.17, 15) is 14.4 Å². The lowest BCUT2D eigenvalue weighted by atomic mass is 10.0. The summed E-state index contributed by atoms with van der Waals surface area (Å²) in [7, 11) is 0. The molecule has 1 heterocycles. The van der Waals surface area contributed by atoms with Crippen molar-refractivity contribution >= 4 is 17.8 Å². The van der Waals surface area contributed by atoms with Crippen LogP contribution in [0, 0.1) is 0 Å². The molecule has 0 aliphatic carbocycles. The summed E-state index contributed by atoms with van der Waals surface area (Å²) in [5, 5.41) is 0.636. The predicted octanol–water partition coefficient (Wildman–Crippen LogP) is 7.03. The van der Waals surface area contributed by atoms with Crippen molar-refractivity contribution in [1.29, 1.82) is 0 Å². The van der Waals surface area contributed by atoms with Crippen LogP contribution in [0.25, 0.3) is 0 Å². The average molecular weight is 424 g/mol. The zero-order chi connectivity index (χ0) is 21.9. The number of hydrogen-bond acceptors (Lipinski definition) is 4. The Morgan fingerprint density at radius 1 is 0.633 bits per heavy atom. The molecule has 174 valence electrons. The summed E-state index contributed by atoms with van der Waals surface area (Å²) in [4.78, 5) is 39.3. The molecule has 0 spiro atoms. The third kappa shape index (κ3) is 13.8. The van der Waals surface area contributed by atoms with Crippen LogP contribution in [0.3, 0.4) is 0 Å². The van der Waals surface area contributed by atoms with Crippen molar-refractivity contribution < 1.29 is 19.2 Å². The quantitative estimate of drug-likeness (QED) is 0.156. The van der Waals surface area contributed by atoms with E-state index in [0.29, 0.717) is 5.06 Å². The standard InChI is InChI=1S/C25H45NO4/c1-2-3-4-5-6-7-8-9-10-11-12-13-14-15-16-17-18-19-20-25(29)30-26-23(27)21-22-24(26)28/h2-22H2,1H3. The normalized spacial score (nSPS) is 14.0. The largest absolute Gasteiger partial charge is 0.333 e. The van der Waals surface area contributed by atoms with E-state index in [1.54, 1.807) is 0 Å². The van der Waals surface area contributed by atoms with E-state index in [2.05, 4.69) is 6.92 Å². The summed E-state index contributed by atoms with van der Waals surface area (Å²) in [6.45, 7) is 2.27. The summed E-state index contributed by atoms with van der Waals surface area (Å²) in [5.41, 5.74) is 0. The van der Waals surface area contributed by atoms with Gasteiger partial charge in [0, 0.05) is 19.3 Å². The topological polar surface area (TPSA) is 63.7 Å². The Kier molecular flexibility index (Phi) is 16.3. The second-order valence-corrected chi connectivity index (χ2v) is 8.81. The van der Waals surface area contributed by atoms with E-state index in [1.165, 1.54) is 96.3 Å². The first-order valence-corrected chi connectivity index (χ1v) is 12.7. The van der Waals surface area contributed by atoms with Crippen molar-refractivity contribution in [2.45, 2.75) is 142 Å². The van der Waals surface area contributed by atoms with Gasteiger partial charge in [0.2, 0.25) is 0 Å². The molecular weight excluding hydrogens is 378 g/mol. The third-order valence-corrected chi connectivity index (χ3v) is 5.93. The molecule has 30 heavy (non-hydrogen) atoms. The van der Waals surface area contributed by atoms with Gasteiger partial charge in [-0.2, -0.15) is 0 Å². The molecule has 0 bridgehead atoms. The molecule has 2 amide bonds. The van der Waals surface area contributed by atoms with Crippen LogP contribution in [0.1, 0.15) is 142 Å². The minimum Gasteiger partial charge on any atom is -0.330 e. The second kappa shape index (κ2) is 18.4. The first kappa shape index (κ1) is 26.6. The molecule has 0 aromatic heterocycles. The van der Waals surface area contributed by atoms with Crippen LogP contribution in [0.2, 0.25) is 0 Å². The van der Waals surface area contributed by atoms with Crippen LogP contribution >= 0.6 is 0 Å². The van der Waals surface area contributed by atoms with Gasteiger partial charge in [0.1, 0.15) is 0 Å². The van der Waals surface area contributed by atoms with E-state index < -0.39 is 17.8 Å². The van der Waals surface area contributed by atoms with E-state index in [4.69, 9.17) is 4.84 Å². The Morgan fingerprint density at radius 2 is 0.967 bits per heavy atom. The Bertz CT molecular complexity index is 462. The first-order valence-electron chi connectivity index (χ1n) is 12.7. The molecular formula is C25H45NO4. The number of rotatable bonds is 20. The van der Waals surface area contributed by atoms with Crippen LogP contribution in [0.5, 0.6) is 0 Å². The first-order chi connectivity index (χ1) is 14.6. The number of hydrogen-bond donors (Lipinski definition) is 0. The van der Waals surface area contributed by atoms with Gasteiger partial charge in [-0.3, -0.25) is 9.59 Å². The van der Waals surface area contributed by atoms with Crippen molar-refractivity contribution in [2.24, 2.45) is 0 Å². The number of carbonyl (C=O) groups is 3. The molecule has 1 rings (SSSR count). The fourth-order valence-electron chi connectivity index (χ4n) is 3.98. The molecule has 1 aliphatic rings. The summed E-state index contributed by atoms with van der Waals surface area (Å²) in [6.07, 6.45) is 24.1. The zero-order valence-corrected chi connectivity index (χ0v) is 19.4. The van der Waals surface area contributed by atoms with Crippen molar-refractivity contribution in [1.82, 2.24) is 5.06 Å². The van der Waals surface area contributed by atoms with Gasteiger partial charge < -0.3 is 4.84 Å².